The van der Waals surface area contributed by atoms with E-state index in [1.165, 1.54) is 0 Å². The van der Waals surface area contributed by atoms with E-state index in [9.17, 15) is 14.7 Å². The Morgan fingerprint density at radius 1 is 1.19 bits per heavy atom. The number of carbonyl (C=O) groups is 2. The smallest absolute Gasteiger partial charge is 1.00 e. The molecule has 1 atom stereocenters. The van der Waals surface area contributed by atoms with Crippen molar-refractivity contribution in [2.75, 3.05) is 25.4 Å². The molecule has 7 heteroatoms. The van der Waals surface area contributed by atoms with E-state index in [2.05, 4.69) is 53.7 Å². The first-order valence-corrected chi connectivity index (χ1v) is 11.8. The monoisotopic (exact) mass is 459 g/mol. The predicted octanol–water partition coefficient (Wildman–Crippen LogP) is 1.54. The van der Waals surface area contributed by atoms with Crippen molar-refractivity contribution in [1.82, 2.24) is 4.90 Å². The van der Waals surface area contributed by atoms with Crippen molar-refractivity contribution < 1.29 is 50.4 Å². The molecule has 1 amide bonds. The van der Waals surface area contributed by atoms with Crippen molar-refractivity contribution in [3.8, 4) is 5.75 Å². The number of esters is 1. The minimum Gasteiger partial charge on any atom is -1.00 e. The van der Waals surface area contributed by atoms with Crippen LogP contribution in [-0.4, -0.2) is 52.6 Å². The molecule has 0 aromatic heterocycles. The summed E-state index contributed by atoms with van der Waals surface area (Å²) in [5.41, 5.74) is 2.50. The van der Waals surface area contributed by atoms with Crippen LogP contribution in [0, 0.1) is 0 Å². The molecule has 170 valence electrons. The number of benzene rings is 1. The van der Waals surface area contributed by atoms with E-state index in [0.717, 1.165) is 22.4 Å². The van der Waals surface area contributed by atoms with Crippen LogP contribution in [0.25, 0.3) is 0 Å². The maximum atomic E-state index is 13.0. The summed E-state index contributed by atoms with van der Waals surface area (Å²) >= 11 is 1.68. The van der Waals surface area contributed by atoms with E-state index < -0.39 is 0 Å². The Hall–Kier alpha value is -0.690. The molecular formula is C24H38NNaO4S. The van der Waals surface area contributed by atoms with E-state index in [4.69, 9.17) is 4.74 Å². The molecule has 1 fully saturated rings. The Labute approximate surface area is 215 Å². The molecule has 0 radical (unpaired) electrons. The molecule has 1 unspecified atom stereocenters. The summed E-state index contributed by atoms with van der Waals surface area (Å²) in [5, 5.41) is 10.8. The summed E-state index contributed by atoms with van der Waals surface area (Å²) in [5.74, 6) is 1.04. The molecular weight excluding hydrogens is 421 g/mol. The molecule has 1 aromatic carbocycles. The van der Waals surface area contributed by atoms with Crippen molar-refractivity contribution in [3.05, 3.63) is 28.8 Å². The fourth-order valence-corrected chi connectivity index (χ4v) is 4.90. The summed E-state index contributed by atoms with van der Waals surface area (Å²) in [6.07, 6.45) is 0.852. The first-order chi connectivity index (χ1) is 13.8. The number of ether oxygens (including phenoxy) is 1. The molecule has 1 aliphatic heterocycles. The SMILES string of the molecule is CCOC(=O)CCN1CCSC(Cc2cc(C(C)(C)C)c(O)c(C(C)(C)C)c2)C1=O.[H-].[Na+]. The first-order valence-electron chi connectivity index (χ1n) is 10.8. The van der Waals surface area contributed by atoms with Gasteiger partial charge in [-0.15, -0.1) is 11.8 Å². The van der Waals surface area contributed by atoms with Gasteiger partial charge in [0.15, 0.2) is 0 Å². The van der Waals surface area contributed by atoms with Crippen LogP contribution in [0.15, 0.2) is 12.1 Å². The number of phenolic OH excluding ortho intramolecular Hbond substituents is 1. The van der Waals surface area contributed by atoms with Gasteiger partial charge in [-0.2, -0.15) is 0 Å². The maximum Gasteiger partial charge on any atom is 1.00 e. The fraction of sp³-hybridized carbons (Fsp3) is 0.667. The van der Waals surface area contributed by atoms with Crippen LogP contribution in [0.5, 0.6) is 5.75 Å². The molecule has 0 aliphatic carbocycles. The Bertz CT molecular complexity index is 754. The van der Waals surface area contributed by atoms with E-state index in [1.807, 2.05) is 0 Å². The fourth-order valence-electron chi connectivity index (χ4n) is 3.69. The molecule has 1 saturated heterocycles. The van der Waals surface area contributed by atoms with E-state index in [1.54, 1.807) is 23.6 Å². The van der Waals surface area contributed by atoms with Gasteiger partial charge in [-0.1, -0.05) is 53.7 Å². The number of hydrogen-bond donors (Lipinski definition) is 1. The summed E-state index contributed by atoms with van der Waals surface area (Å²) < 4.78 is 4.99. The molecule has 31 heavy (non-hydrogen) atoms. The quantitative estimate of drug-likeness (QED) is 0.516. The number of carbonyl (C=O) groups excluding carboxylic acids is 2. The van der Waals surface area contributed by atoms with Gasteiger partial charge in [-0.25, -0.2) is 0 Å². The Balaban J connectivity index is 0.00000480. The molecule has 1 aliphatic rings. The van der Waals surface area contributed by atoms with Gasteiger partial charge >= 0.3 is 35.5 Å². The molecule has 0 saturated carbocycles. The maximum absolute atomic E-state index is 13.0. The number of rotatable bonds is 6. The summed E-state index contributed by atoms with van der Waals surface area (Å²) in [4.78, 5) is 26.5. The average Bonchev–Trinajstić information content (AvgIpc) is 2.62. The van der Waals surface area contributed by atoms with Gasteiger partial charge in [-0.3, -0.25) is 9.59 Å². The first kappa shape index (κ1) is 28.3. The minimum absolute atomic E-state index is 0. The van der Waals surface area contributed by atoms with Gasteiger partial charge in [0.1, 0.15) is 5.75 Å². The van der Waals surface area contributed by atoms with E-state index in [0.29, 0.717) is 31.9 Å². The molecule has 2 rings (SSSR count). The van der Waals surface area contributed by atoms with Crippen molar-refractivity contribution in [3.63, 3.8) is 0 Å². The van der Waals surface area contributed by atoms with Crippen LogP contribution in [0.1, 0.15) is 73.0 Å². The van der Waals surface area contributed by atoms with Crippen molar-refractivity contribution >= 4 is 23.6 Å². The van der Waals surface area contributed by atoms with Crippen LogP contribution in [0.3, 0.4) is 0 Å². The third-order valence-electron chi connectivity index (χ3n) is 5.37. The molecule has 1 N–H and O–H groups in total. The third-order valence-corrected chi connectivity index (χ3v) is 6.55. The molecule has 5 nitrogen and oxygen atoms in total. The zero-order chi connectivity index (χ0) is 22.7. The second-order valence-corrected chi connectivity index (χ2v) is 11.3. The standard InChI is InChI=1S/C24H37NO4S.Na.H/c1-8-29-20(26)9-10-25-11-12-30-19(22(25)28)15-16-13-17(23(2,3)4)21(27)18(14-16)24(5,6)7;;/h13-14,19,27H,8-12,15H2,1-7H3;;/q;+1;-1. The van der Waals surface area contributed by atoms with Gasteiger partial charge in [0.2, 0.25) is 5.91 Å². The van der Waals surface area contributed by atoms with Gasteiger partial charge < -0.3 is 16.2 Å². The number of amides is 1. The number of thioether (sulfide) groups is 1. The third kappa shape index (κ3) is 7.69. The zero-order valence-corrected chi connectivity index (χ0v) is 23.3. The normalized spacial score (nSPS) is 17.3. The van der Waals surface area contributed by atoms with Crippen LogP contribution in [0.4, 0.5) is 0 Å². The second kappa shape index (κ2) is 11.4. The van der Waals surface area contributed by atoms with E-state index >= 15 is 0 Å². The zero-order valence-electron chi connectivity index (χ0n) is 21.5. The second-order valence-electron chi connectivity index (χ2n) is 9.98. The van der Waals surface area contributed by atoms with Gasteiger partial charge in [0, 0.05) is 18.8 Å². The molecule has 1 aromatic rings. The summed E-state index contributed by atoms with van der Waals surface area (Å²) in [6.45, 7) is 15.8. The number of aromatic hydroxyl groups is 1. The Kier molecular flexibility index (Phi) is 10.5. The number of hydrogen-bond acceptors (Lipinski definition) is 5. The van der Waals surface area contributed by atoms with Gasteiger partial charge in [-0.05, 0) is 40.9 Å². The van der Waals surface area contributed by atoms with Gasteiger partial charge in [0.25, 0.3) is 0 Å². The topological polar surface area (TPSA) is 66.8 Å². The molecule has 0 spiro atoms. The van der Waals surface area contributed by atoms with Crippen LogP contribution in [0.2, 0.25) is 0 Å². The van der Waals surface area contributed by atoms with Crippen molar-refractivity contribution in [1.29, 1.82) is 0 Å². The number of nitrogens with zero attached hydrogens (tertiary/aromatic N) is 1. The van der Waals surface area contributed by atoms with Crippen LogP contribution in [-0.2, 0) is 31.6 Å². The Morgan fingerprint density at radius 2 is 1.74 bits per heavy atom. The van der Waals surface area contributed by atoms with Crippen LogP contribution >= 0.6 is 11.8 Å². The minimum atomic E-state index is -0.261. The van der Waals surface area contributed by atoms with Gasteiger partial charge in [0.05, 0.1) is 18.3 Å². The summed E-state index contributed by atoms with van der Waals surface area (Å²) in [6, 6.07) is 4.10. The van der Waals surface area contributed by atoms with E-state index in [-0.39, 0.29) is 65.4 Å². The molecule has 0 bridgehead atoms. The predicted molar refractivity (Wildman–Crippen MR) is 124 cm³/mol. The average molecular weight is 460 g/mol. The molecule has 1 heterocycles. The van der Waals surface area contributed by atoms with Crippen LogP contribution < -0.4 is 29.6 Å². The van der Waals surface area contributed by atoms with Crippen molar-refractivity contribution in [2.24, 2.45) is 0 Å². The largest absolute Gasteiger partial charge is 1.00 e. The van der Waals surface area contributed by atoms with Crippen molar-refractivity contribution in [2.45, 2.75) is 77.4 Å². The Morgan fingerprint density at radius 3 is 2.23 bits per heavy atom. The number of phenols is 1. The summed E-state index contributed by atoms with van der Waals surface area (Å²) in [7, 11) is 0.